The van der Waals surface area contributed by atoms with Gasteiger partial charge in [-0.05, 0) is 50.2 Å². The van der Waals surface area contributed by atoms with Crippen LogP contribution in [0.4, 0.5) is 18.9 Å². The number of nitrogens with one attached hydrogen (secondary N) is 1. The van der Waals surface area contributed by atoms with Crippen LogP contribution in [0.15, 0.2) is 48.5 Å². The predicted molar refractivity (Wildman–Crippen MR) is 105 cm³/mol. The second-order valence-corrected chi connectivity index (χ2v) is 6.53. The fourth-order valence-electron chi connectivity index (χ4n) is 2.85. The average molecular weight is 419 g/mol. The van der Waals surface area contributed by atoms with Crippen molar-refractivity contribution >= 4 is 11.6 Å². The third-order valence-corrected chi connectivity index (χ3v) is 4.47. The number of methoxy groups -OCH3 is 1. The zero-order valence-electron chi connectivity index (χ0n) is 16.6. The smallest absolute Gasteiger partial charge is 0.416 e. The highest BCUT2D eigenvalue weighted by Gasteiger charge is 2.30. The van der Waals surface area contributed by atoms with Crippen LogP contribution in [0.5, 0.6) is 11.5 Å². The van der Waals surface area contributed by atoms with Crippen molar-refractivity contribution in [3.05, 3.63) is 71.0 Å². The maximum atomic E-state index is 12.8. The molecule has 6 nitrogen and oxygen atoms in total. The molecule has 0 aliphatic carbocycles. The molecule has 0 saturated carbocycles. The highest BCUT2D eigenvalue weighted by molar-refractivity contribution is 6.05. The molecule has 0 saturated heterocycles. The largest absolute Gasteiger partial charge is 0.497 e. The van der Waals surface area contributed by atoms with E-state index in [1.54, 1.807) is 38.1 Å². The molecule has 30 heavy (non-hydrogen) atoms. The maximum Gasteiger partial charge on any atom is 0.416 e. The summed E-state index contributed by atoms with van der Waals surface area (Å²) in [6, 6.07) is 11.3. The number of carbonyl (C=O) groups excluding carboxylic acids is 1. The first-order valence-corrected chi connectivity index (χ1v) is 8.98. The molecule has 0 fully saturated rings. The molecule has 0 aliphatic heterocycles. The number of nitrogens with zero attached hydrogens (tertiary/aromatic N) is 2. The molecule has 0 spiro atoms. The van der Waals surface area contributed by atoms with Crippen molar-refractivity contribution in [2.24, 2.45) is 0 Å². The van der Waals surface area contributed by atoms with Crippen molar-refractivity contribution < 1.29 is 27.4 Å². The average Bonchev–Trinajstić information content (AvgIpc) is 2.99. The van der Waals surface area contributed by atoms with Crippen LogP contribution < -0.4 is 14.8 Å². The van der Waals surface area contributed by atoms with Gasteiger partial charge in [-0.15, -0.1) is 0 Å². The number of hydrogen-bond acceptors (Lipinski definition) is 4. The summed E-state index contributed by atoms with van der Waals surface area (Å²) in [5.74, 6) is 0.291. The second-order valence-electron chi connectivity index (χ2n) is 6.53. The van der Waals surface area contributed by atoms with Gasteiger partial charge in [0, 0.05) is 5.56 Å². The first kappa shape index (κ1) is 21.2. The predicted octanol–water partition coefficient (Wildman–Crippen LogP) is 4.82. The fourth-order valence-corrected chi connectivity index (χ4v) is 2.85. The van der Waals surface area contributed by atoms with Crippen LogP contribution in [0, 0.1) is 13.8 Å². The third kappa shape index (κ3) is 4.73. The molecular formula is C21H20F3N3O3. The van der Waals surface area contributed by atoms with E-state index in [0.29, 0.717) is 28.4 Å². The Kier molecular flexibility index (Phi) is 6.00. The third-order valence-electron chi connectivity index (χ3n) is 4.47. The lowest BCUT2D eigenvalue weighted by Gasteiger charge is -2.11. The Balaban J connectivity index is 1.73. The van der Waals surface area contributed by atoms with Gasteiger partial charge in [-0.3, -0.25) is 4.79 Å². The molecule has 0 aliphatic rings. The van der Waals surface area contributed by atoms with Gasteiger partial charge >= 0.3 is 6.18 Å². The topological polar surface area (TPSA) is 65.4 Å². The van der Waals surface area contributed by atoms with E-state index in [9.17, 15) is 18.0 Å². The number of aryl methyl sites for hydroxylation is 1. The summed E-state index contributed by atoms with van der Waals surface area (Å²) >= 11 is 0. The Morgan fingerprint density at radius 2 is 1.80 bits per heavy atom. The lowest BCUT2D eigenvalue weighted by molar-refractivity contribution is -0.137. The SMILES string of the molecule is COc1cccc(C(=O)Nc2c(C)nn(COc3cccc(C(F)(F)F)c3)c2C)c1. The van der Waals surface area contributed by atoms with Crippen LogP contribution in [0.3, 0.4) is 0 Å². The fraction of sp³-hybridized carbons (Fsp3) is 0.238. The van der Waals surface area contributed by atoms with Gasteiger partial charge in [0.1, 0.15) is 11.5 Å². The lowest BCUT2D eigenvalue weighted by Crippen LogP contribution is -2.14. The van der Waals surface area contributed by atoms with Gasteiger partial charge in [-0.1, -0.05) is 12.1 Å². The van der Waals surface area contributed by atoms with Gasteiger partial charge in [0.15, 0.2) is 6.73 Å². The highest BCUT2D eigenvalue weighted by atomic mass is 19.4. The first-order chi connectivity index (χ1) is 14.2. The number of ether oxygens (including phenoxy) is 2. The quantitative estimate of drug-likeness (QED) is 0.622. The minimum atomic E-state index is -4.45. The number of halogens is 3. The standard InChI is InChI=1S/C21H20F3N3O3/c1-13-19(25-20(28)15-6-4-8-17(10-15)29-3)14(2)27(26-13)12-30-18-9-5-7-16(11-18)21(22,23)24/h4-11H,12H2,1-3H3,(H,25,28). The van der Waals surface area contributed by atoms with Crippen molar-refractivity contribution in [1.82, 2.24) is 9.78 Å². The number of amides is 1. The summed E-state index contributed by atoms with van der Waals surface area (Å²) in [5.41, 5.74) is 1.29. The van der Waals surface area contributed by atoms with Crippen molar-refractivity contribution in [3.8, 4) is 11.5 Å². The van der Waals surface area contributed by atoms with Crippen molar-refractivity contribution in [2.45, 2.75) is 26.8 Å². The van der Waals surface area contributed by atoms with E-state index in [-0.39, 0.29) is 18.4 Å². The van der Waals surface area contributed by atoms with Crippen LogP contribution in [-0.2, 0) is 12.9 Å². The molecule has 2 aromatic carbocycles. The van der Waals surface area contributed by atoms with E-state index in [1.807, 2.05) is 0 Å². The van der Waals surface area contributed by atoms with Crippen molar-refractivity contribution in [2.75, 3.05) is 12.4 Å². The van der Waals surface area contributed by atoms with E-state index in [4.69, 9.17) is 9.47 Å². The van der Waals surface area contributed by atoms with Crippen LogP contribution in [0.2, 0.25) is 0 Å². The molecular weight excluding hydrogens is 399 g/mol. The number of hydrogen-bond donors (Lipinski definition) is 1. The van der Waals surface area contributed by atoms with E-state index in [0.717, 1.165) is 12.1 Å². The molecule has 9 heteroatoms. The highest BCUT2D eigenvalue weighted by Crippen LogP contribution is 2.31. The normalized spacial score (nSPS) is 11.3. The second kappa shape index (κ2) is 8.48. The molecule has 3 rings (SSSR count). The molecule has 1 aromatic heterocycles. The summed E-state index contributed by atoms with van der Waals surface area (Å²) in [5, 5.41) is 7.12. The van der Waals surface area contributed by atoms with Gasteiger partial charge < -0.3 is 14.8 Å². The summed E-state index contributed by atoms with van der Waals surface area (Å²) in [6.07, 6.45) is -4.45. The zero-order chi connectivity index (χ0) is 21.9. The molecule has 0 radical (unpaired) electrons. The lowest BCUT2D eigenvalue weighted by atomic mass is 10.2. The monoisotopic (exact) mass is 419 g/mol. The van der Waals surface area contributed by atoms with Crippen LogP contribution in [0.1, 0.15) is 27.3 Å². The number of carbonyl (C=O) groups is 1. The van der Waals surface area contributed by atoms with E-state index in [2.05, 4.69) is 10.4 Å². The summed E-state index contributed by atoms with van der Waals surface area (Å²) in [6.45, 7) is 3.34. The van der Waals surface area contributed by atoms with Crippen molar-refractivity contribution in [1.29, 1.82) is 0 Å². The van der Waals surface area contributed by atoms with Crippen LogP contribution in [0.25, 0.3) is 0 Å². The Labute approximate surface area is 171 Å². The Hall–Kier alpha value is -3.49. The molecule has 1 N–H and O–H groups in total. The van der Waals surface area contributed by atoms with Crippen LogP contribution >= 0.6 is 0 Å². The number of anilines is 1. The molecule has 3 aromatic rings. The van der Waals surface area contributed by atoms with E-state index in [1.165, 1.54) is 23.9 Å². The summed E-state index contributed by atoms with van der Waals surface area (Å²) in [7, 11) is 1.51. The molecule has 0 atom stereocenters. The van der Waals surface area contributed by atoms with E-state index < -0.39 is 11.7 Å². The number of aromatic nitrogens is 2. The minimum absolute atomic E-state index is 0.0688. The Bertz CT molecular complexity index is 1060. The Morgan fingerprint density at radius 3 is 2.50 bits per heavy atom. The summed E-state index contributed by atoms with van der Waals surface area (Å²) in [4.78, 5) is 12.6. The number of rotatable bonds is 6. The Morgan fingerprint density at radius 1 is 1.10 bits per heavy atom. The zero-order valence-corrected chi connectivity index (χ0v) is 16.6. The van der Waals surface area contributed by atoms with E-state index >= 15 is 0 Å². The van der Waals surface area contributed by atoms with Gasteiger partial charge in [-0.2, -0.15) is 18.3 Å². The summed E-state index contributed by atoms with van der Waals surface area (Å²) < 4.78 is 50.6. The molecule has 1 heterocycles. The van der Waals surface area contributed by atoms with Crippen molar-refractivity contribution in [3.63, 3.8) is 0 Å². The van der Waals surface area contributed by atoms with Gasteiger partial charge in [0.2, 0.25) is 0 Å². The minimum Gasteiger partial charge on any atom is -0.497 e. The number of alkyl halides is 3. The van der Waals surface area contributed by atoms with Gasteiger partial charge in [0.05, 0.1) is 29.7 Å². The van der Waals surface area contributed by atoms with Gasteiger partial charge in [-0.25, -0.2) is 4.68 Å². The molecule has 0 unspecified atom stereocenters. The van der Waals surface area contributed by atoms with Crippen LogP contribution in [-0.4, -0.2) is 22.8 Å². The molecule has 1 amide bonds. The maximum absolute atomic E-state index is 12.8. The van der Waals surface area contributed by atoms with Gasteiger partial charge in [0.25, 0.3) is 5.91 Å². The first-order valence-electron chi connectivity index (χ1n) is 8.98. The number of benzene rings is 2. The molecule has 0 bridgehead atoms. The molecule has 158 valence electrons.